The van der Waals surface area contributed by atoms with Crippen molar-refractivity contribution in [3.8, 4) is 18.4 Å². The lowest BCUT2D eigenvalue weighted by Gasteiger charge is -2.33. The maximum Gasteiger partial charge on any atom is 0.146 e. The summed E-state index contributed by atoms with van der Waals surface area (Å²) in [6, 6.07) is 2.23. The topological polar surface area (TPSA) is 44.0 Å². The molecule has 2 rings (SSSR count). The zero-order valence-electron chi connectivity index (χ0n) is 8.29. The molecule has 14 heavy (non-hydrogen) atoms. The lowest BCUT2D eigenvalue weighted by molar-refractivity contribution is -0.00644. The van der Waals surface area contributed by atoms with Crippen molar-refractivity contribution >= 4 is 0 Å². The predicted octanol–water partition coefficient (Wildman–Crippen LogP) is 1.84. The van der Waals surface area contributed by atoms with Gasteiger partial charge in [-0.25, -0.2) is 0 Å². The Labute approximate surface area is 84.9 Å². The normalized spacial score (nSPS) is 28.8. The number of hydrogen-bond acceptors (Lipinski definition) is 2. The molecule has 0 unspecified atom stereocenters. The van der Waals surface area contributed by atoms with Gasteiger partial charge in [0.05, 0.1) is 11.5 Å². The maximum absolute atomic E-state index is 10.5. The first-order chi connectivity index (χ1) is 6.68. The molecule has 1 atom stereocenters. The Balaban J connectivity index is 2.26. The number of nitrogens with zero attached hydrogens (tertiary/aromatic N) is 1. The molecule has 0 radical (unpaired) electrons. The van der Waals surface area contributed by atoms with E-state index in [1.54, 1.807) is 0 Å². The molecule has 0 aromatic carbocycles. The number of terminal acetylenes is 1. The molecule has 0 amide bonds. The van der Waals surface area contributed by atoms with Crippen LogP contribution in [0.1, 0.15) is 38.5 Å². The summed E-state index contributed by atoms with van der Waals surface area (Å²) in [6.07, 6.45) is 11.2. The minimum absolute atomic E-state index is 0.148. The molecule has 0 bridgehead atoms. The highest BCUT2D eigenvalue weighted by molar-refractivity contribution is 5.31. The largest absolute Gasteiger partial charge is 0.376 e. The van der Waals surface area contributed by atoms with E-state index in [1.165, 1.54) is 0 Å². The van der Waals surface area contributed by atoms with E-state index in [1.807, 2.05) is 0 Å². The third-order valence-corrected chi connectivity index (χ3v) is 3.86. The Morgan fingerprint density at radius 1 is 1.36 bits per heavy atom. The van der Waals surface area contributed by atoms with E-state index >= 15 is 0 Å². The van der Waals surface area contributed by atoms with Crippen molar-refractivity contribution in [1.82, 2.24) is 0 Å². The highest BCUT2D eigenvalue weighted by Crippen LogP contribution is 2.58. The van der Waals surface area contributed by atoms with Crippen molar-refractivity contribution in [3.63, 3.8) is 0 Å². The molecule has 2 nitrogen and oxygen atoms in total. The van der Waals surface area contributed by atoms with Gasteiger partial charge in [-0.05, 0) is 25.7 Å². The molecule has 74 valence electrons. The Morgan fingerprint density at radius 2 is 1.93 bits per heavy atom. The monoisotopic (exact) mass is 189 g/mol. The number of nitriles is 1. The third-order valence-electron chi connectivity index (χ3n) is 3.86. The molecule has 2 aliphatic rings. The van der Waals surface area contributed by atoms with E-state index in [0.717, 1.165) is 38.5 Å². The summed E-state index contributed by atoms with van der Waals surface area (Å²) in [7, 11) is 0. The van der Waals surface area contributed by atoms with Gasteiger partial charge in [-0.3, -0.25) is 0 Å². The Morgan fingerprint density at radius 3 is 2.29 bits per heavy atom. The van der Waals surface area contributed by atoms with Crippen LogP contribution < -0.4 is 0 Å². The second kappa shape index (κ2) is 3.01. The van der Waals surface area contributed by atoms with Gasteiger partial charge in [-0.2, -0.15) is 5.26 Å². The van der Waals surface area contributed by atoms with Gasteiger partial charge in [0.25, 0.3) is 0 Å². The fourth-order valence-corrected chi connectivity index (χ4v) is 2.69. The van der Waals surface area contributed by atoms with E-state index in [0.29, 0.717) is 0 Å². The number of rotatable bonds is 2. The highest BCUT2D eigenvalue weighted by atomic mass is 16.3. The first-order valence-corrected chi connectivity index (χ1v) is 5.30. The van der Waals surface area contributed by atoms with E-state index in [9.17, 15) is 5.11 Å². The van der Waals surface area contributed by atoms with Crippen LogP contribution in [-0.2, 0) is 0 Å². The SMILES string of the molecule is C#C[C@](O)(C1CCCC1)C1(C#N)CC1. The fourth-order valence-electron chi connectivity index (χ4n) is 2.69. The molecule has 0 spiro atoms. The molecular weight excluding hydrogens is 174 g/mol. The molecule has 2 saturated carbocycles. The fraction of sp³-hybridized carbons (Fsp3) is 0.750. The van der Waals surface area contributed by atoms with Crippen LogP contribution in [0.5, 0.6) is 0 Å². The summed E-state index contributed by atoms with van der Waals surface area (Å²) in [4.78, 5) is 0. The summed E-state index contributed by atoms with van der Waals surface area (Å²) in [5, 5.41) is 19.5. The maximum atomic E-state index is 10.5. The molecule has 0 saturated heterocycles. The van der Waals surface area contributed by atoms with Crippen LogP contribution >= 0.6 is 0 Å². The van der Waals surface area contributed by atoms with Gasteiger partial charge in [-0.1, -0.05) is 18.8 Å². The molecule has 0 heterocycles. The molecule has 2 heteroatoms. The highest BCUT2D eigenvalue weighted by Gasteiger charge is 2.62. The van der Waals surface area contributed by atoms with Crippen molar-refractivity contribution in [2.24, 2.45) is 11.3 Å². The molecule has 2 fully saturated rings. The van der Waals surface area contributed by atoms with Crippen LogP contribution in [0.15, 0.2) is 0 Å². The van der Waals surface area contributed by atoms with Gasteiger partial charge < -0.3 is 5.11 Å². The summed E-state index contributed by atoms with van der Waals surface area (Å²) < 4.78 is 0. The lowest BCUT2D eigenvalue weighted by Crippen LogP contribution is -2.43. The van der Waals surface area contributed by atoms with Crippen LogP contribution in [0.3, 0.4) is 0 Å². The summed E-state index contributed by atoms with van der Waals surface area (Å²) in [5.41, 5.74) is -1.77. The standard InChI is InChI=1S/C12H15NO/c1-2-12(14,10-5-3-4-6-10)11(9-13)7-8-11/h1,10,14H,3-8H2/t12-/m0/s1. The predicted molar refractivity (Wildman–Crippen MR) is 53.0 cm³/mol. The van der Waals surface area contributed by atoms with Crippen LogP contribution in [0.2, 0.25) is 0 Å². The Hall–Kier alpha value is -0.990. The van der Waals surface area contributed by atoms with Crippen molar-refractivity contribution in [2.75, 3.05) is 0 Å². The van der Waals surface area contributed by atoms with Gasteiger partial charge in [-0.15, -0.1) is 6.42 Å². The van der Waals surface area contributed by atoms with Crippen LogP contribution in [0.4, 0.5) is 0 Å². The zero-order valence-corrected chi connectivity index (χ0v) is 8.29. The van der Waals surface area contributed by atoms with Crippen LogP contribution in [0.25, 0.3) is 0 Å². The molecule has 0 aliphatic heterocycles. The number of hydrogen-bond donors (Lipinski definition) is 1. The van der Waals surface area contributed by atoms with E-state index < -0.39 is 11.0 Å². The minimum atomic E-state index is -1.15. The average molecular weight is 189 g/mol. The molecule has 0 aromatic heterocycles. The van der Waals surface area contributed by atoms with Crippen molar-refractivity contribution in [2.45, 2.75) is 44.1 Å². The van der Waals surface area contributed by atoms with E-state index in [-0.39, 0.29) is 5.92 Å². The van der Waals surface area contributed by atoms with Gasteiger partial charge in [0, 0.05) is 5.92 Å². The summed E-state index contributed by atoms with van der Waals surface area (Å²) in [5.74, 6) is 2.65. The van der Waals surface area contributed by atoms with Crippen molar-refractivity contribution < 1.29 is 5.11 Å². The summed E-state index contributed by atoms with van der Waals surface area (Å²) in [6.45, 7) is 0. The van der Waals surface area contributed by atoms with Gasteiger partial charge >= 0.3 is 0 Å². The molecular formula is C12H15NO. The lowest BCUT2D eigenvalue weighted by atomic mass is 9.74. The molecule has 1 N–H and O–H groups in total. The zero-order chi connectivity index (χ0) is 10.2. The quantitative estimate of drug-likeness (QED) is 0.674. The van der Waals surface area contributed by atoms with Gasteiger partial charge in [0.2, 0.25) is 0 Å². The van der Waals surface area contributed by atoms with E-state index in [4.69, 9.17) is 11.7 Å². The number of aliphatic hydroxyl groups is 1. The minimum Gasteiger partial charge on any atom is -0.376 e. The van der Waals surface area contributed by atoms with Crippen LogP contribution in [-0.4, -0.2) is 10.7 Å². The Kier molecular flexibility index (Phi) is 2.05. The first-order valence-electron chi connectivity index (χ1n) is 5.30. The van der Waals surface area contributed by atoms with Crippen LogP contribution in [0, 0.1) is 35.0 Å². The second-order valence-electron chi connectivity index (χ2n) is 4.59. The average Bonchev–Trinajstić information content (AvgIpc) is 2.84. The molecule has 0 aromatic rings. The van der Waals surface area contributed by atoms with Gasteiger partial charge in [0.1, 0.15) is 5.60 Å². The molecule has 2 aliphatic carbocycles. The third kappa shape index (κ3) is 1.08. The summed E-state index contributed by atoms with van der Waals surface area (Å²) >= 11 is 0. The smallest absolute Gasteiger partial charge is 0.146 e. The van der Waals surface area contributed by atoms with Crippen molar-refractivity contribution in [3.05, 3.63) is 0 Å². The Bertz CT molecular complexity index is 312. The van der Waals surface area contributed by atoms with E-state index in [2.05, 4.69) is 12.0 Å². The second-order valence-corrected chi connectivity index (χ2v) is 4.59. The first kappa shape index (κ1) is 9.56. The van der Waals surface area contributed by atoms with Crippen molar-refractivity contribution in [1.29, 1.82) is 5.26 Å². The van der Waals surface area contributed by atoms with Gasteiger partial charge in [0.15, 0.2) is 0 Å².